The molecule has 12 heteroatoms. The zero-order chi connectivity index (χ0) is 25.6. The van der Waals surface area contributed by atoms with Crippen molar-refractivity contribution in [2.75, 3.05) is 82.2 Å². The minimum atomic E-state index is -0.756. The van der Waals surface area contributed by atoms with Crippen LogP contribution in [0, 0.1) is 0 Å². The molecule has 0 aromatic rings. The van der Waals surface area contributed by atoms with Crippen molar-refractivity contribution in [3.05, 3.63) is 12.2 Å². The van der Waals surface area contributed by atoms with Crippen molar-refractivity contribution in [3.8, 4) is 0 Å². The molecule has 0 aromatic carbocycles. The summed E-state index contributed by atoms with van der Waals surface area (Å²) >= 11 is 0. The van der Waals surface area contributed by atoms with Crippen molar-refractivity contribution in [2.24, 2.45) is 0 Å². The molecule has 2 rings (SSSR count). The Morgan fingerprint density at radius 3 is 1.83 bits per heavy atom. The Bertz CT molecular complexity index is 622. The van der Waals surface area contributed by atoms with Gasteiger partial charge in [-0.25, -0.2) is 4.79 Å². The highest BCUT2D eigenvalue weighted by Crippen LogP contribution is 2.24. The number of alkyl carbamates (subject to hydrolysis) is 1. The molecule has 0 bridgehead atoms. The first-order valence-corrected chi connectivity index (χ1v) is 11.6. The van der Waals surface area contributed by atoms with Crippen LogP contribution in [0.1, 0.15) is 0 Å². The van der Waals surface area contributed by atoms with E-state index in [-0.39, 0.29) is 26.4 Å². The summed E-state index contributed by atoms with van der Waals surface area (Å²) in [5, 5.41) is 2.74. The van der Waals surface area contributed by atoms with E-state index in [4.69, 9.17) is 47.4 Å². The van der Waals surface area contributed by atoms with E-state index in [1.165, 1.54) is 14.2 Å². The van der Waals surface area contributed by atoms with Gasteiger partial charge in [-0.05, 0) is 0 Å². The highest BCUT2D eigenvalue weighted by molar-refractivity contribution is 5.67. The molecule has 0 spiro atoms. The zero-order valence-electron chi connectivity index (χ0n) is 21.5. The number of hydrogen-bond acceptors (Lipinski definition) is 11. The number of ether oxygens (including phenoxy) is 10. The van der Waals surface area contributed by atoms with Crippen molar-refractivity contribution in [1.29, 1.82) is 0 Å². The van der Waals surface area contributed by atoms with Crippen molar-refractivity contribution in [2.45, 2.75) is 48.8 Å². The zero-order valence-corrected chi connectivity index (χ0v) is 21.5. The second kappa shape index (κ2) is 16.4. The van der Waals surface area contributed by atoms with E-state index in [1.54, 1.807) is 28.4 Å². The van der Waals surface area contributed by atoms with E-state index in [1.807, 2.05) is 12.2 Å². The fraction of sp³-hybridized carbons (Fsp3) is 0.870. The van der Waals surface area contributed by atoms with Crippen LogP contribution in [0.15, 0.2) is 12.2 Å². The number of hydrogen-bond donors (Lipinski definition) is 1. The maximum atomic E-state index is 12.8. The van der Waals surface area contributed by atoms with Crippen LogP contribution in [0.25, 0.3) is 0 Å². The number of carbonyl (C=O) groups is 1. The Kier molecular flexibility index (Phi) is 14.0. The van der Waals surface area contributed by atoms with E-state index in [2.05, 4.69) is 5.32 Å². The molecule has 1 N–H and O–H groups in total. The molecule has 8 atom stereocenters. The SMILES string of the molecule is CO[C@H]1[C@H](OC)[C@H](OC)COCC=CCOC[C@H]2OC[C@H](OC)[C@@H](OC)[C@@H]2OC(=O)NC[C@@H]1OC. The van der Waals surface area contributed by atoms with E-state index in [0.717, 1.165) is 0 Å². The van der Waals surface area contributed by atoms with Crippen LogP contribution >= 0.6 is 0 Å². The maximum absolute atomic E-state index is 12.8. The third-order valence-electron chi connectivity index (χ3n) is 6.16. The van der Waals surface area contributed by atoms with E-state index in [0.29, 0.717) is 13.2 Å². The van der Waals surface area contributed by atoms with Crippen LogP contribution in [-0.2, 0) is 47.4 Å². The third-order valence-corrected chi connectivity index (χ3v) is 6.16. The summed E-state index contributed by atoms with van der Waals surface area (Å²) in [6.07, 6.45) is -1.31. The fourth-order valence-corrected chi connectivity index (χ4v) is 4.22. The average molecular weight is 508 g/mol. The molecule has 35 heavy (non-hydrogen) atoms. The molecule has 0 aromatic heterocycles. The minimum Gasteiger partial charge on any atom is -0.440 e. The highest BCUT2D eigenvalue weighted by atomic mass is 16.6. The lowest BCUT2D eigenvalue weighted by molar-refractivity contribution is -0.212. The Morgan fingerprint density at radius 2 is 1.26 bits per heavy atom. The summed E-state index contributed by atoms with van der Waals surface area (Å²) in [4.78, 5) is 12.8. The summed E-state index contributed by atoms with van der Waals surface area (Å²) in [5.41, 5.74) is 0. The summed E-state index contributed by atoms with van der Waals surface area (Å²) in [6, 6.07) is 0. The molecule has 0 aliphatic carbocycles. The number of rotatable bonds is 6. The van der Waals surface area contributed by atoms with Crippen LogP contribution < -0.4 is 5.32 Å². The Hall–Kier alpha value is -1.35. The van der Waals surface area contributed by atoms with Crippen LogP contribution in [0.5, 0.6) is 0 Å². The van der Waals surface area contributed by atoms with Gasteiger partial charge < -0.3 is 52.7 Å². The lowest BCUT2D eigenvalue weighted by Gasteiger charge is -2.40. The summed E-state index contributed by atoms with van der Waals surface area (Å²) in [6.45, 7) is 1.55. The summed E-state index contributed by atoms with van der Waals surface area (Å²) in [7, 11) is 9.29. The predicted octanol–water partition coefficient (Wildman–Crippen LogP) is 0.173. The first-order chi connectivity index (χ1) is 17.0. The number of amides is 1. The molecule has 2 aliphatic rings. The van der Waals surface area contributed by atoms with Crippen LogP contribution in [-0.4, -0.2) is 137 Å². The topological polar surface area (TPSA) is 121 Å². The second-order valence-corrected chi connectivity index (χ2v) is 8.09. The lowest BCUT2D eigenvalue weighted by Crippen LogP contribution is -2.58. The van der Waals surface area contributed by atoms with Gasteiger partial charge in [0.1, 0.15) is 42.7 Å². The molecule has 2 aliphatic heterocycles. The monoisotopic (exact) mass is 507 g/mol. The summed E-state index contributed by atoms with van der Waals surface area (Å²) < 4.78 is 56.8. The first-order valence-electron chi connectivity index (χ1n) is 11.6. The fourth-order valence-electron chi connectivity index (χ4n) is 4.22. The maximum Gasteiger partial charge on any atom is 0.407 e. The van der Waals surface area contributed by atoms with E-state index >= 15 is 0 Å². The van der Waals surface area contributed by atoms with E-state index in [9.17, 15) is 4.79 Å². The largest absolute Gasteiger partial charge is 0.440 e. The molecule has 12 nitrogen and oxygen atoms in total. The molecule has 0 radical (unpaired) electrons. The first kappa shape index (κ1) is 29.9. The minimum absolute atomic E-state index is 0.0911. The number of fused-ring (bicyclic) bond motifs is 1. The molecular formula is C23H41NO11. The average Bonchev–Trinajstić information content (AvgIpc) is 2.87. The Morgan fingerprint density at radius 1 is 0.714 bits per heavy atom. The lowest BCUT2D eigenvalue weighted by atomic mass is 10.00. The van der Waals surface area contributed by atoms with Crippen molar-refractivity contribution >= 4 is 6.09 Å². The number of methoxy groups -OCH3 is 6. The standard InChI is InChI=1S/C23H41NO11/c1-26-15-11-24-23(25)35-22-18(34-14-17(28-3)21(22)31-6)13-33-10-8-7-9-32-12-16(27-2)20(30-5)19(15)29-4/h7-8,15-22H,9-14H2,1-6H3,(H,24,25)/t15-,16+,17-,18+,19+,20+,21+,22+/m0/s1. The van der Waals surface area contributed by atoms with Gasteiger partial charge in [0.05, 0.1) is 33.0 Å². The summed E-state index contributed by atoms with van der Waals surface area (Å²) in [5.74, 6) is 0. The van der Waals surface area contributed by atoms with Crippen LogP contribution in [0.4, 0.5) is 4.79 Å². The number of nitrogens with one attached hydrogen (secondary N) is 1. The van der Waals surface area contributed by atoms with Gasteiger partial charge in [-0.3, -0.25) is 0 Å². The quantitative estimate of drug-likeness (QED) is 0.495. The van der Waals surface area contributed by atoms with Gasteiger partial charge in [-0.2, -0.15) is 0 Å². The molecule has 1 amide bonds. The normalized spacial score (nSPS) is 36.3. The van der Waals surface area contributed by atoms with E-state index < -0.39 is 54.9 Å². The molecule has 1 saturated heterocycles. The molecule has 204 valence electrons. The van der Waals surface area contributed by atoms with Crippen molar-refractivity contribution < 1.29 is 52.2 Å². The molecule has 1 fully saturated rings. The van der Waals surface area contributed by atoms with Gasteiger partial charge >= 0.3 is 6.09 Å². The molecular weight excluding hydrogens is 466 g/mol. The van der Waals surface area contributed by atoms with Gasteiger partial charge in [0.2, 0.25) is 0 Å². The Balaban J connectivity index is 2.23. The third kappa shape index (κ3) is 8.62. The van der Waals surface area contributed by atoms with Crippen LogP contribution in [0.2, 0.25) is 0 Å². The predicted molar refractivity (Wildman–Crippen MR) is 124 cm³/mol. The smallest absolute Gasteiger partial charge is 0.407 e. The highest BCUT2D eigenvalue weighted by Gasteiger charge is 2.44. The molecule has 2 heterocycles. The van der Waals surface area contributed by atoms with Crippen molar-refractivity contribution in [1.82, 2.24) is 5.32 Å². The molecule has 0 unspecified atom stereocenters. The second-order valence-electron chi connectivity index (χ2n) is 8.09. The molecule has 0 saturated carbocycles. The van der Waals surface area contributed by atoms with Gasteiger partial charge in [-0.1, -0.05) is 12.2 Å². The van der Waals surface area contributed by atoms with Gasteiger partial charge in [0.15, 0.2) is 6.10 Å². The van der Waals surface area contributed by atoms with Gasteiger partial charge in [0, 0.05) is 49.2 Å². The van der Waals surface area contributed by atoms with Gasteiger partial charge in [-0.15, -0.1) is 0 Å². The number of carbonyl (C=O) groups excluding carboxylic acids is 1. The van der Waals surface area contributed by atoms with Crippen molar-refractivity contribution in [3.63, 3.8) is 0 Å². The Labute approximate surface area is 207 Å². The van der Waals surface area contributed by atoms with Crippen LogP contribution in [0.3, 0.4) is 0 Å². The van der Waals surface area contributed by atoms with Gasteiger partial charge in [0.25, 0.3) is 0 Å².